The molecular weight excluding hydrogens is 277 g/mol. The molecule has 3 rings (SSSR count). The van der Waals surface area contributed by atoms with E-state index in [1.165, 1.54) is 17.7 Å². The highest BCUT2D eigenvalue weighted by Gasteiger charge is 2.29. The van der Waals surface area contributed by atoms with E-state index in [0.29, 0.717) is 5.56 Å². The standard InChI is InChI=1S/C16H15ClFNO/c17-14-9-11(18)6-7-12(14)16(20)13-5-1-3-10-4-2-8-19-15(10)13/h2,4,6-9,13,16,20H,1,3,5H2. The van der Waals surface area contributed by atoms with Gasteiger partial charge in [0.15, 0.2) is 0 Å². The molecular formula is C16H15ClFNO. The van der Waals surface area contributed by atoms with Gasteiger partial charge in [-0.3, -0.25) is 4.98 Å². The van der Waals surface area contributed by atoms with Gasteiger partial charge in [-0.15, -0.1) is 0 Å². The normalized spacial score (nSPS) is 19.4. The van der Waals surface area contributed by atoms with Crippen molar-refractivity contribution in [2.45, 2.75) is 31.3 Å². The van der Waals surface area contributed by atoms with Crippen LogP contribution in [0.15, 0.2) is 36.5 Å². The summed E-state index contributed by atoms with van der Waals surface area (Å²) in [5, 5.41) is 10.9. The highest BCUT2D eigenvalue weighted by Crippen LogP contribution is 2.41. The number of pyridine rings is 1. The number of rotatable bonds is 2. The maximum absolute atomic E-state index is 13.1. The van der Waals surface area contributed by atoms with Gasteiger partial charge in [0, 0.05) is 22.8 Å². The van der Waals surface area contributed by atoms with Crippen molar-refractivity contribution in [3.63, 3.8) is 0 Å². The number of aliphatic hydroxyl groups is 1. The molecule has 2 atom stereocenters. The Labute approximate surface area is 122 Å². The van der Waals surface area contributed by atoms with Crippen molar-refractivity contribution >= 4 is 11.6 Å². The molecule has 2 aromatic rings. The third-order valence-corrected chi connectivity index (χ3v) is 4.23. The van der Waals surface area contributed by atoms with Crippen LogP contribution in [0.4, 0.5) is 4.39 Å². The van der Waals surface area contributed by atoms with E-state index < -0.39 is 11.9 Å². The van der Waals surface area contributed by atoms with Crippen molar-refractivity contribution in [1.82, 2.24) is 4.98 Å². The van der Waals surface area contributed by atoms with E-state index in [0.717, 1.165) is 25.0 Å². The number of aromatic nitrogens is 1. The predicted molar refractivity (Wildman–Crippen MR) is 76.3 cm³/mol. The van der Waals surface area contributed by atoms with Gasteiger partial charge in [-0.05, 0) is 48.6 Å². The van der Waals surface area contributed by atoms with E-state index in [1.54, 1.807) is 12.3 Å². The molecule has 1 heterocycles. The summed E-state index contributed by atoms with van der Waals surface area (Å²) in [6.45, 7) is 0. The summed E-state index contributed by atoms with van der Waals surface area (Å²) < 4.78 is 13.1. The van der Waals surface area contributed by atoms with Crippen LogP contribution in [0.1, 0.15) is 41.7 Å². The second-order valence-corrected chi connectivity index (χ2v) is 5.56. The fourth-order valence-corrected chi connectivity index (χ4v) is 3.19. The van der Waals surface area contributed by atoms with Crippen LogP contribution in [0.25, 0.3) is 0 Å². The van der Waals surface area contributed by atoms with Crippen molar-refractivity contribution in [3.05, 3.63) is 64.2 Å². The quantitative estimate of drug-likeness (QED) is 0.906. The van der Waals surface area contributed by atoms with Crippen LogP contribution in [0, 0.1) is 5.82 Å². The first kappa shape index (κ1) is 13.5. The van der Waals surface area contributed by atoms with Crippen molar-refractivity contribution in [3.8, 4) is 0 Å². The van der Waals surface area contributed by atoms with E-state index in [4.69, 9.17) is 11.6 Å². The lowest BCUT2D eigenvalue weighted by molar-refractivity contribution is 0.134. The molecule has 1 aliphatic rings. The molecule has 0 bridgehead atoms. The molecule has 1 aromatic heterocycles. The number of halogens is 2. The number of hydrogen-bond donors (Lipinski definition) is 1. The molecule has 104 valence electrons. The molecule has 0 spiro atoms. The zero-order valence-electron chi connectivity index (χ0n) is 10.9. The topological polar surface area (TPSA) is 33.1 Å². The minimum absolute atomic E-state index is 0.0806. The highest BCUT2D eigenvalue weighted by molar-refractivity contribution is 6.31. The van der Waals surface area contributed by atoms with Crippen LogP contribution in [-0.4, -0.2) is 10.1 Å². The first-order valence-corrected chi connectivity index (χ1v) is 7.11. The second-order valence-electron chi connectivity index (χ2n) is 5.16. The molecule has 0 aliphatic heterocycles. The molecule has 0 saturated carbocycles. The van der Waals surface area contributed by atoms with Crippen molar-refractivity contribution < 1.29 is 9.50 Å². The number of aryl methyl sites for hydroxylation is 1. The minimum atomic E-state index is -0.753. The van der Waals surface area contributed by atoms with Crippen LogP contribution >= 0.6 is 11.6 Å². The smallest absolute Gasteiger partial charge is 0.124 e. The van der Waals surface area contributed by atoms with E-state index in [1.807, 2.05) is 12.1 Å². The first-order valence-electron chi connectivity index (χ1n) is 6.73. The number of benzene rings is 1. The minimum Gasteiger partial charge on any atom is -0.388 e. The van der Waals surface area contributed by atoms with Crippen LogP contribution < -0.4 is 0 Å². The predicted octanol–water partition coefficient (Wildman–Crippen LogP) is 4.03. The third kappa shape index (κ3) is 2.43. The van der Waals surface area contributed by atoms with Gasteiger partial charge in [-0.1, -0.05) is 23.7 Å². The fraction of sp³-hybridized carbons (Fsp3) is 0.312. The number of fused-ring (bicyclic) bond motifs is 1. The summed E-state index contributed by atoms with van der Waals surface area (Å²) in [7, 11) is 0. The Balaban J connectivity index is 1.97. The summed E-state index contributed by atoms with van der Waals surface area (Å²) in [5.41, 5.74) is 2.68. The van der Waals surface area contributed by atoms with Gasteiger partial charge in [0.2, 0.25) is 0 Å². The number of hydrogen-bond acceptors (Lipinski definition) is 2. The highest BCUT2D eigenvalue weighted by atomic mass is 35.5. The molecule has 0 amide bonds. The average Bonchev–Trinajstić information content (AvgIpc) is 2.46. The Bertz CT molecular complexity index is 632. The maximum Gasteiger partial charge on any atom is 0.124 e. The van der Waals surface area contributed by atoms with Crippen LogP contribution in [-0.2, 0) is 6.42 Å². The van der Waals surface area contributed by atoms with E-state index >= 15 is 0 Å². The average molecular weight is 292 g/mol. The zero-order chi connectivity index (χ0) is 14.1. The van der Waals surface area contributed by atoms with E-state index in [9.17, 15) is 9.50 Å². The van der Waals surface area contributed by atoms with Crippen LogP contribution in [0.3, 0.4) is 0 Å². The number of aliphatic hydroxyl groups excluding tert-OH is 1. The Morgan fingerprint density at radius 3 is 3.00 bits per heavy atom. The second kappa shape index (κ2) is 5.51. The molecule has 2 unspecified atom stereocenters. The monoisotopic (exact) mass is 291 g/mol. The fourth-order valence-electron chi connectivity index (χ4n) is 2.91. The van der Waals surface area contributed by atoms with Crippen LogP contribution in [0.2, 0.25) is 5.02 Å². The zero-order valence-corrected chi connectivity index (χ0v) is 11.6. The molecule has 2 nitrogen and oxygen atoms in total. The van der Waals surface area contributed by atoms with Gasteiger partial charge < -0.3 is 5.11 Å². The molecule has 0 radical (unpaired) electrons. The van der Waals surface area contributed by atoms with E-state index in [2.05, 4.69) is 4.98 Å². The van der Waals surface area contributed by atoms with Gasteiger partial charge in [0.05, 0.1) is 6.10 Å². The lowest BCUT2D eigenvalue weighted by Crippen LogP contribution is -2.19. The van der Waals surface area contributed by atoms with Gasteiger partial charge in [0.1, 0.15) is 5.82 Å². The molecule has 0 fully saturated rings. The van der Waals surface area contributed by atoms with Gasteiger partial charge >= 0.3 is 0 Å². The lowest BCUT2D eigenvalue weighted by Gasteiger charge is -2.29. The van der Waals surface area contributed by atoms with Gasteiger partial charge in [0.25, 0.3) is 0 Å². The Kier molecular flexibility index (Phi) is 3.72. The summed E-state index contributed by atoms with van der Waals surface area (Å²) in [6, 6.07) is 8.08. The molecule has 1 N–H and O–H groups in total. The van der Waals surface area contributed by atoms with E-state index in [-0.39, 0.29) is 10.9 Å². The first-order chi connectivity index (χ1) is 9.66. The molecule has 1 aromatic carbocycles. The molecule has 0 saturated heterocycles. The van der Waals surface area contributed by atoms with Crippen molar-refractivity contribution in [2.24, 2.45) is 0 Å². The van der Waals surface area contributed by atoms with Crippen molar-refractivity contribution in [1.29, 1.82) is 0 Å². The Morgan fingerprint density at radius 1 is 1.35 bits per heavy atom. The molecule has 4 heteroatoms. The summed E-state index contributed by atoms with van der Waals surface area (Å²) >= 11 is 6.05. The number of nitrogens with zero attached hydrogens (tertiary/aromatic N) is 1. The maximum atomic E-state index is 13.1. The lowest BCUT2D eigenvalue weighted by atomic mass is 9.81. The largest absolute Gasteiger partial charge is 0.388 e. The van der Waals surface area contributed by atoms with Gasteiger partial charge in [-0.2, -0.15) is 0 Å². The molecule has 1 aliphatic carbocycles. The van der Waals surface area contributed by atoms with Crippen LogP contribution in [0.5, 0.6) is 0 Å². The third-order valence-electron chi connectivity index (χ3n) is 3.90. The summed E-state index contributed by atoms with van der Waals surface area (Å²) in [5.74, 6) is -0.476. The summed E-state index contributed by atoms with van der Waals surface area (Å²) in [6.07, 6.45) is 3.86. The Hall–Kier alpha value is -1.45. The van der Waals surface area contributed by atoms with Crippen molar-refractivity contribution in [2.75, 3.05) is 0 Å². The SMILES string of the molecule is OC(c1ccc(F)cc1Cl)C1CCCc2cccnc21. The van der Waals surface area contributed by atoms with Gasteiger partial charge in [-0.25, -0.2) is 4.39 Å². The molecule has 20 heavy (non-hydrogen) atoms. The Morgan fingerprint density at radius 2 is 2.20 bits per heavy atom. The summed E-state index contributed by atoms with van der Waals surface area (Å²) in [4.78, 5) is 4.42.